The van der Waals surface area contributed by atoms with Crippen molar-refractivity contribution in [1.82, 2.24) is 0 Å². The molecule has 4 aliphatic rings. The molecule has 2 saturated heterocycles. The van der Waals surface area contributed by atoms with Crippen molar-refractivity contribution in [3.63, 3.8) is 0 Å². The number of esters is 4. The molecular weight excluding hydrogens is 608 g/mol. The Bertz CT molecular complexity index is 1230. The van der Waals surface area contributed by atoms with E-state index in [-0.39, 0.29) is 10.8 Å². The summed E-state index contributed by atoms with van der Waals surface area (Å²) in [6.07, 6.45) is 7.00. The van der Waals surface area contributed by atoms with Gasteiger partial charge in [0, 0.05) is 52.3 Å². The van der Waals surface area contributed by atoms with Crippen LogP contribution < -0.4 is 0 Å². The van der Waals surface area contributed by atoms with Gasteiger partial charge in [0.1, 0.15) is 0 Å². The van der Waals surface area contributed by atoms with Crippen LogP contribution in [0, 0.1) is 22.7 Å². The summed E-state index contributed by atoms with van der Waals surface area (Å²) in [6.45, 7) is 17.3. The SMILES string of the molecule is CC1(C)CC(C2C(=O)OC(C)(C)OC2=O)=CC(=NCCCOCCOCCN=C2C=C(C3C(=O)OC(C)(C)OC3=O)CC(C)(C)C2)C1. The molecule has 2 aliphatic heterocycles. The summed E-state index contributed by atoms with van der Waals surface area (Å²) in [4.78, 5) is 59.8. The second kappa shape index (κ2) is 14.4. The molecule has 12 nitrogen and oxygen atoms in total. The lowest BCUT2D eigenvalue weighted by Gasteiger charge is -2.37. The highest BCUT2D eigenvalue weighted by molar-refractivity contribution is 6.05. The summed E-state index contributed by atoms with van der Waals surface area (Å²) in [5.74, 6) is -6.98. The number of nitrogens with zero attached hydrogens (tertiary/aromatic N) is 2. The van der Waals surface area contributed by atoms with Gasteiger partial charge in [0.2, 0.25) is 0 Å². The lowest BCUT2D eigenvalue weighted by atomic mass is 9.73. The number of allylic oxidation sites excluding steroid dienone is 2. The van der Waals surface area contributed by atoms with Crippen LogP contribution in [0.25, 0.3) is 0 Å². The second-order valence-corrected chi connectivity index (χ2v) is 15.1. The van der Waals surface area contributed by atoms with Crippen LogP contribution >= 0.6 is 0 Å². The zero-order valence-electron chi connectivity index (χ0n) is 29.1. The van der Waals surface area contributed by atoms with E-state index in [9.17, 15) is 19.2 Å². The second-order valence-electron chi connectivity index (χ2n) is 15.1. The van der Waals surface area contributed by atoms with Gasteiger partial charge in [0.25, 0.3) is 11.6 Å². The minimum absolute atomic E-state index is 0.157. The van der Waals surface area contributed by atoms with E-state index in [0.717, 1.165) is 24.3 Å². The van der Waals surface area contributed by atoms with Crippen molar-refractivity contribution in [2.75, 3.05) is 39.5 Å². The van der Waals surface area contributed by atoms with E-state index >= 15 is 0 Å². The lowest BCUT2D eigenvalue weighted by molar-refractivity contribution is -0.239. The Kier molecular flexibility index (Phi) is 11.2. The van der Waals surface area contributed by atoms with Gasteiger partial charge in [-0.1, -0.05) is 27.7 Å². The van der Waals surface area contributed by atoms with E-state index in [2.05, 4.69) is 32.7 Å². The highest BCUT2D eigenvalue weighted by atomic mass is 16.8. The van der Waals surface area contributed by atoms with E-state index in [1.54, 1.807) is 27.7 Å². The topological polar surface area (TPSA) is 148 Å². The number of aliphatic imine (C=N–C) groups is 2. The predicted molar refractivity (Wildman–Crippen MR) is 173 cm³/mol. The lowest BCUT2D eigenvalue weighted by Crippen LogP contribution is -2.47. The van der Waals surface area contributed by atoms with Gasteiger partial charge in [-0.3, -0.25) is 29.2 Å². The molecule has 2 heterocycles. The molecule has 0 aromatic carbocycles. The van der Waals surface area contributed by atoms with Crippen LogP contribution in [0.3, 0.4) is 0 Å². The molecule has 2 fully saturated rings. The van der Waals surface area contributed by atoms with Gasteiger partial charge in [-0.05, 0) is 66.2 Å². The summed E-state index contributed by atoms with van der Waals surface area (Å²) >= 11 is 0. The van der Waals surface area contributed by atoms with Gasteiger partial charge < -0.3 is 28.4 Å². The van der Waals surface area contributed by atoms with E-state index in [1.807, 2.05) is 12.2 Å². The molecule has 0 spiro atoms. The molecule has 0 unspecified atom stereocenters. The molecule has 0 radical (unpaired) electrons. The molecule has 0 bridgehead atoms. The van der Waals surface area contributed by atoms with Gasteiger partial charge >= 0.3 is 23.9 Å². The van der Waals surface area contributed by atoms with E-state index < -0.39 is 47.3 Å². The summed E-state index contributed by atoms with van der Waals surface area (Å²) in [5.41, 5.74) is 2.67. The van der Waals surface area contributed by atoms with Gasteiger partial charge in [0.05, 0.1) is 26.4 Å². The average molecular weight is 659 g/mol. The number of carbonyl (C=O) groups excluding carboxylic acids is 4. The van der Waals surface area contributed by atoms with Crippen molar-refractivity contribution in [2.24, 2.45) is 32.7 Å². The first-order valence-electron chi connectivity index (χ1n) is 16.4. The molecule has 0 aromatic heterocycles. The van der Waals surface area contributed by atoms with Crippen molar-refractivity contribution in [3.05, 3.63) is 23.3 Å². The zero-order chi connectivity index (χ0) is 34.6. The van der Waals surface area contributed by atoms with Gasteiger partial charge in [-0.2, -0.15) is 0 Å². The highest BCUT2D eigenvalue weighted by Gasteiger charge is 2.48. The van der Waals surface area contributed by atoms with Crippen molar-refractivity contribution < 1.29 is 47.6 Å². The molecule has 47 heavy (non-hydrogen) atoms. The third-order valence-corrected chi connectivity index (χ3v) is 8.14. The summed E-state index contributed by atoms with van der Waals surface area (Å²) in [7, 11) is 0. The van der Waals surface area contributed by atoms with Crippen LogP contribution in [-0.4, -0.2) is 86.4 Å². The maximum Gasteiger partial charge on any atom is 0.327 e. The van der Waals surface area contributed by atoms with E-state index in [4.69, 9.17) is 33.4 Å². The van der Waals surface area contributed by atoms with Crippen LogP contribution in [0.5, 0.6) is 0 Å². The fourth-order valence-electron chi connectivity index (χ4n) is 6.43. The Morgan fingerprint density at radius 1 is 0.574 bits per heavy atom. The Balaban J connectivity index is 1.17. The minimum atomic E-state index is -1.26. The quantitative estimate of drug-likeness (QED) is 0.164. The predicted octanol–water partition coefficient (Wildman–Crippen LogP) is 4.69. The number of carbonyl (C=O) groups is 4. The number of ether oxygens (including phenoxy) is 6. The maximum absolute atomic E-state index is 12.6. The van der Waals surface area contributed by atoms with Crippen molar-refractivity contribution >= 4 is 35.3 Å². The Morgan fingerprint density at radius 2 is 0.957 bits per heavy atom. The fraction of sp³-hybridized carbons (Fsp3) is 0.714. The molecule has 0 atom stereocenters. The number of cyclic esters (lactones) is 4. The van der Waals surface area contributed by atoms with Crippen LogP contribution in [0.4, 0.5) is 0 Å². The van der Waals surface area contributed by atoms with Gasteiger partial charge in [-0.15, -0.1) is 0 Å². The normalized spacial score (nSPS) is 25.9. The molecule has 0 N–H and O–H groups in total. The standard InChI is InChI=1S/C35H50N2O10/c1-32(2)18-22(26-28(38)44-34(5,6)45-29(26)39)16-24(20-32)36-10-9-12-42-14-15-43-13-11-37-25-17-23(19-33(3,4)21-25)27-30(40)46-35(7,8)47-31(27)41/h16-17,26-27H,9-15,18-21H2,1-8H3. The minimum Gasteiger partial charge on any atom is -0.422 e. The number of hydrogen-bond acceptors (Lipinski definition) is 12. The molecule has 0 amide bonds. The largest absolute Gasteiger partial charge is 0.422 e. The summed E-state index contributed by atoms with van der Waals surface area (Å²) in [6, 6.07) is 0. The molecule has 12 heteroatoms. The summed E-state index contributed by atoms with van der Waals surface area (Å²) in [5, 5.41) is 0. The Labute approximate surface area is 277 Å². The molecule has 0 saturated carbocycles. The first kappa shape index (κ1) is 36.5. The Morgan fingerprint density at radius 3 is 1.38 bits per heavy atom. The summed E-state index contributed by atoms with van der Waals surface area (Å²) < 4.78 is 32.7. The zero-order valence-corrected chi connectivity index (χ0v) is 29.1. The molecule has 2 aliphatic carbocycles. The molecule has 260 valence electrons. The Hall–Kier alpha value is -3.38. The van der Waals surface area contributed by atoms with E-state index in [0.29, 0.717) is 69.9 Å². The first-order chi connectivity index (χ1) is 21.9. The van der Waals surface area contributed by atoms with Crippen LogP contribution in [-0.2, 0) is 47.6 Å². The number of hydrogen-bond donors (Lipinski definition) is 0. The fourth-order valence-corrected chi connectivity index (χ4v) is 6.43. The highest BCUT2D eigenvalue weighted by Crippen LogP contribution is 2.41. The smallest absolute Gasteiger partial charge is 0.327 e. The van der Waals surface area contributed by atoms with Crippen LogP contribution in [0.15, 0.2) is 33.3 Å². The first-order valence-corrected chi connectivity index (χ1v) is 16.4. The van der Waals surface area contributed by atoms with Crippen molar-refractivity contribution in [3.8, 4) is 0 Å². The van der Waals surface area contributed by atoms with Crippen molar-refractivity contribution in [2.45, 2.75) is 99.1 Å². The van der Waals surface area contributed by atoms with Crippen LogP contribution in [0.1, 0.15) is 87.5 Å². The monoisotopic (exact) mass is 658 g/mol. The molecule has 0 aromatic rings. The molecule has 4 rings (SSSR count). The number of rotatable bonds is 12. The third-order valence-electron chi connectivity index (χ3n) is 8.14. The third kappa shape index (κ3) is 10.3. The van der Waals surface area contributed by atoms with Gasteiger partial charge in [0.15, 0.2) is 11.8 Å². The maximum atomic E-state index is 12.6. The van der Waals surface area contributed by atoms with E-state index in [1.165, 1.54) is 0 Å². The van der Waals surface area contributed by atoms with Gasteiger partial charge in [-0.25, -0.2) is 0 Å². The van der Waals surface area contributed by atoms with Crippen molar-refractivity contribution in [1.29, 1.82) is 0 Å². The average Bonchev–Trinajstić information content (AvgIpc) is 2.87. The molecular formula is C35H50N2O10. The van der Waals surface area contributed by atoms with Crippen LogP contribution in [0.2, 0.25) is 0 Å².